The topological polar surface area (TPSA) is 128 Å². The Morgan fingerprint density at radius 1 is 0.974 bits per heavy atom. The van der Waals surface area contributed by atoms with Gasteiger partial charge in [-0.05, 0) is 78.1 Å². The van der Waals surface area contributed by atoms with E-state index in [9.17, 15) is 24.6 Å². The first-order chi connectivity index (χ1) is 18.0. The third-order valence-corrected chi connectivity index (χ3v) is 5.73. The number of amides is 3. The van der Waals surface area contributed by atoms with Crippen LogP contribution in [0.5, 0.6) is 11.5 Å². The number of ether oxygens (including phenoxy) is 1. The maximum atomic E-state index is 14.2. The number of phenols is 2. The molecule has 0 aromatic heterocycles. The fourth-order valence-corrected chi connectivity index (χ4v) is 4.12. The van der Waals surface area contributed by atoms with Crippen molar-refractivity contribution >= 4 is 17.9 Å². The van der Waals surface area contributed by atoms with Crippen molar-refractivity contribution in [2.45, 2.75) is 91.5 Å². The molecular formula is C30H43N3O6. The van der Waals surface area contributed by atoms with Crippen molar-refractivity contribution in [1.82, 2.24) is 15.5 Å². The highest BCUT2D eigenvalue weighted by molar-refractivity contribution is 5.93. The van der Waals surface area contributed by atoms with E-state index in [0.717, 1.165) is 0 Å². The summed E-state index contributed by atoms with van der Waals surface area (Å²) in [5.41, 5.74) is 0.155. The van der Waals surface area contributed by atoms with Crippen LogP contribution in [0.15, 0.2) is 42.5 Å². The SMILES string of the molecule is CCCN(C(=O)C(Cc1ccc(O)cc1)NC(=O)OC(C)(C)C)C(C(=O)NC(C)(C)C)c1cccc(C)c1O. The Balaban J connectivity index is 2.60. The van der Waals surface area contributed by atoms with E-state index in [2.05, 4.69) is 10.6 Å². The molecule has 214 valence electrons. The number of carbonyl (C=O) groups is 3. The van der Waals surface area contributed by atoms with E-state index < -0.39 is 41.1 Å². The van der Waals surface area contributed by atoms with Crippen molar-refractivity contribution < 1.29 is 29.3 Å². The second kappa shape index (κ2) is 12.9. The summed E-state index contributed by atoms with van der Waals surface area (Å²) < 4.78 is 5.43. The van der Waals surface area contributed by atoms with Crippen LogP contribution in [0.4, 0.5) is 4.79 Å². The van der Waals surface area contributed by atoms with Crippen LogP contribution in [0.2, 0.25) is 0 Å². The minimum atomic E-state index is -1.15. The van der Waals surface area contributed by atoms with Gasteiger partial charge in [0.1, 0.15) is 29.2 Å². The van der Waals surface area contributed by atoms with Crippen molar-refractivity contribution in [2.24, 2.45) is 0 Å². The van der Waals surface area contributed by atoms with Gasteiger partial charge in [-0.2, -0.15) is 0 Å². The van der Waals surface area contributed by atoms with E-state index in [0.29, 0.717) is 23.1 Å². The molecule has 0 aliphatic rings. The molecule has 2 rings (SSSR count). The lowest BCUT2D eigenvalue weighted by molar-refractivity contribution is -0.143. The predicted octanol–water partition coefficient (Wildman–Crippen LogP) is 4.74. The molecule has 3 amide bonds. The number of hydrogen-bond donors (Lipinski definition) is 4. The van der Waals surface area contributed by atoms with Gasteiger partial charge in [0, 0.05) is 24.1 Å². The molecule has 0 fully saturated rings. The molecule has 0 heterocycles. The average Bonchev–Trinajstić information content (AvgIpc) is 2.79. The summed E-state index contributed by atoms with van der Waals surface area (Å²) in [6.45, 7) is 14.5. The van der Waals surface area contributed by atoms with Crippen molar-refractivity contribution in [3.63, 3.8) is 0 Å². The molecule has 2 aromatic rings. The summed E-state index contributed by atoms with van der Waals surface area (Å²) in [7, 11) is 0. The predicted molar refractivity (Wildman–Crippen MR) is 150 cm³/mol. The monoisotopic (exact) mass is 541 g/mol. The van der Waals surface area contributed by atoms with Crippen LogP contribution in [-0.4, -0.2) is 56.7 Å². The highest BCUT2D eigenvalue weighted by atomic mass is 16.6. The summed E-state index contributed by atoms with van der Waals surface area (Å²) in [5.74, 6) is -0.963. The Bertz CT molecular complexity index is 1150. The first-order valence-electron chi connectivity index (χ1n) is 13.2. The van der Waals surface area contributed by atoms with E-state index in [1.54, 1.807) is 58.0 Å². The number of nitrogens with one attached hydrogen (secondary N) is 2. The standard InChI is InChI=1S/C30H43N3O6/c1-9-17-33(24(26(36)32-29(3,4)5)22-12-10-11-19(2)25(22)35)27(37)23(31-28(38)39-30(6,7)8)18-20-13-15-21(34)16-14-20/h10-16,23-24,34-35H,9,17-18H2,1-8H3,(H,31,38)(H,32,36). The quantitative estimate of drug-likeness (QED) is 0.363. The zero-order valence-corrected chi connectivity index (χ0v) is 24.3. The molecular weight excluding hydrogens is 498 g/mol. The first-order valence-corrected chi connectivity index (χ1v) is 13.2. The van der Waals surface area contributed by atoms with Crippen molar-refractivity contribution in [3.8, 4) is 11.5 Å². The largest absolute Gasteiger partial charge is 0.508 e. The summed E-state index contributed by atoms with van der Waals surface area (Å²) in [6.07, 6.45) is -0.160. The van der Waals surface area contributed by atoms with E-state index in [4.69, 9.17) is 4.74 Å². The molecule has 0 saturated carbocycles. The molecule has 4 N–H and O–H groups in total. The number of alkyl carbamates (subject to hydrolysis) is 1. The molecule has 2 atom stereocenters. The number of aromatic hydroxyl groups is 2. The van der Waals surface area contributed by atoms with Crippen molar-refractivity contribution in [3.05, 3.63) is 59.2 Å². The van der Waals surface area contributed by atoms with Gasteiger partial charge < -0.3 is 30.5 Å². The third kappa shape index (κ3) is 9.50. The average molecular weight is 542 g/mol. The van der Waals surface area contributed by atoms with Crippen LogP contribution in [0.25, 0.3) is 0 Å². The Morgan fingerprint density at radius 3 is 2.13 bits per heavy atom. The molecule has 39 heavy (non-hydrogen) atoms. The van der Waals surface area contributed by atoms with Gasteiger partial charge in [0.25, 0.3) is 0 Å². The number of nitrogens with zero attached hydrogens (tertiary/aromatic N) is 1. The number of carbonyl (C=O) groups excluding carboxylic acids is 3. The van der Waals surface area contributed by atoms with E-state index in [1.165, 1.54) is 17.0 Å². The number of rotatable bonds is 9. The maximum absolute atomic E-state index is 14.2. The Hall–Kier alpha value is -3.75. The lowest BCUT2D eigenvalue weighted by Crippen LogP contribution is -2.55. The van der Waals surface area contributed by atoms with Crippen LogP contribution in [0.1, 0.15) is 77.6 Å². The van der Waals surface area contributed by atoms with Gasteiger partial charge in [-0.1, -0.05) is 37.3 Å². The van der Waals surface area contributed by atoms with Crippen LogP contribution < -0.4 is 10.6 Å². The van der Waals surface area contributed by atoms with Crippen LogP contribution in [-0.2, 0) is 20.7 Å². The van der Waals surface area contributed by atoms with Crippen molar-refractivity contribution in [1.29, 1.82) is 0 Å². The highest BCUT2D eigenvalue weighted by Crippen LogP contribution is 2.33. The van der Waals surface area contributed by atoms with Crippen LogP contribution in [0.3, 0.4) is 0 Å². The number of benzene rings is 2. The van der Waals surface area contributed by atoms with Gasteiger partial charge in [-0.15, -0.1) is 0 Å². The summed E-state index contributed by atoms with van der Waals surface area (Å²) in [6, 6.07) is 9.15. The summed E-state index contributed by atoms with van der Waals surface area (Å²) in [4.78, 5) is 42.1. The molecule has 0 aliphatic carbocycles. The Kier molecular flexibility index (Phi) is 10.4. The minimum absolute atomic E-state index is 0.0724. The van der Waals surface area contributed by atoms with E-state index >= 15 is 0 Å². The van der Waals surface area contributed by atoms with E-state index in [1.807, 2.05) is 27.7 Å². The molecule has 0 bridgehead atoms. The minimum Gasteiger partial charge on any atom is -0.508 e. The maximum Gasteiger partial charge on any atom is 0.408 e. The number of para-hydroxylation sites is 1. The van der Waals surface area contributed by atoms with Crippen LogP contribution >= 0.6 is 0 Å². The summed E-state index contributed by atoms with van der Waals surface area (Å²) in [5, 5.41) is 26.3. The number of aryl methyl sites for hydroxylation is 1. The Labute approximate surface area is 231 Å². The smallest absolute Gasteiger partial charge is 0.408 e. The molecule has 0 aliphatic heterocycles. The van der Waals surface area contributed by atoms with E-state index in [-0.39, 0.29) is 24.5 Å². The highest BCUT2D eigenvalue weighted by Gasteiger charge is 2.38. The molecule has 9 heteroatoms. The van der Waals surface area contributed by atoms with Gasteiger partial charge in [0.15, 0.2) is 0 Å². The summed E-state index contributed by atoms with van der Waals surface area (Å²) >= 11 is 0. The molecule has 0 radical (unpaired) electrons. The zero-order chi connectivity index (χ0) is 29.5. The van der Waals surface area contributed by atoms with Gasteiger partial charge in [-0.3, -0.25) is 9.59 Å². The lowest BCUT2D eigenvalue weighted by atomic mass is 9.97. The lowest BCUT2D eigenvalue weighted by Gasteiger charge is -2.36. The molecule has 9 nitrogen and oxygen atoms in total. The second-order valence-electron chi connectivity index (χ2n) is 11.8. The molecule has 0 spiro atoms. The first kappa shape index (κ1) is 31.5. The third-order valence-electron chi connectivity index (χ3n) is 5.73. The van der Waals surface area contributed by atoms with Gasteiger partial charge in [-0.25, -0.2) is 4.79 Å². The van der Waals surface area contributed by atoms with Gasteiger partial charge in [0.2, 0.25) is 11.8 Å². The van der Waals surface area contributed by atoms with Crippen molar-refractivity contribution in [2.75, 3.05) is 6.54 Å². The van der Waals surface area contributed by atoms with Crippen LogP contribution in [0, 0.1) is 6.92 Å². The zero-order valence-electron chi connectivity index (χ0n) is 24.3. The number of hydrogen-bond acceptors (Lipinski definition) is 6. The molecule has 0 saturated heterocycles. The fourth-order valence-electron chi connectivity index (χ4n) is 4.12. The number of phenolic OH excluding ortho intramolecular Hbond substituents is 2. The van der Waals surface area contributed by atoms with Gasteiger partial charge in [0.05, 0.1) is 0 Å². The van der Waals surface area contributed by atoms with Gasteiger partial charge >= 0.3 is 6.09 Å². The fraction of sp³-hybridized carbons (Fsp3) is 0.500. The normalized spacial score (nSPS) is 13.2. The molecule has 2 aromatic carbocycles. The molecule has 2 unspecified atom stereocenters. The second-order valence-corrected chi connectivity index (χ2v) is 11.8. The Morgan fingerprint density at radius 2 is 1.59 bits per heavy atom.